The van der Waals surface area contributed by atoms with E-state index in [0.717, 1.165) is 40.8 Å². The zero-order valence-corrected chi connectivity index (χ0v) is 20.8. The highest BCUT2D eigenvalue weighted by Crippen LogP contribution is 2.29. The zero-order valence-electron chi connectivity index (χ0n) is 20.8. The van der Waals surface area contributed by atoms with Crippen LogP contribution in [0.2, 0.25) is 0 Å². The van der Waals surface area contributed by atoms with Gasteiger partial charge in [-0.2, -0.15) is 17.6 Å². The summed E-state index contributed by atoms with van der Waals surface area (Å²) >= 11 is 0. The summed E-state index contributed by atoms with van der Waals surface area (Å²) in [5, 5.41) is 11.9. The van der Waals surface area contributed by atoms with E-state index in [2.05, 4.69) is 25.9 Å². The first kappa shape index (κ1) is 28.6. The largest absolute Gasteiger partial charge is 0.446 e. The number of halogens is 5. The molecule has 16 heteroatoms. The molecule has 3 aromatic heterocycles. The number of aromatic nitrogens is 5. The first-order chi connectivity index (χ1) is 19.0. The van der Waals surface area contributed by atoms with Crippen LogP contribution >= 0.6 is 0 Å². The van der Waals surface area contributed by atoms with Crippen LogP contribution in [0, 0.1) is 5.82 Å². The van der Waals surface area contributed by atoms with Crippen LogP contribution in [0.3, 0.4) is 0 Å². The molecule has 1 unspecified atom stereocenters. The number of amides is 2. The third kappa shape index (κ3) is 7.39. The summed E-state index contributed by atoms with van der Waals surface area (Å²) in [5.41, 5.74) is -2.43. The number of rotatable bonds is 10. The highest BCUT2D eigenvalue weighted by molar-refractivity contribution is 5.91. The Morgan fingerprint density at radius 3 is 2.70 bits per heavy atom. The molecule has 3 heterocycles. The van der Waals surface area contributed by atoms with E-state index in [0.29, 0.717) is 6.20 Å². The molecule has 214 valence electrons. The van der Waals surface area contributed by atoms with E-state index < -0.39 is 41.3 Å². The second-order valence-corrected chi connectivity index (χ2v) is 9.10. The molecule has 40 heavy (non-hydrogen) atoms. The van der Waals surface area contributed by atoms with Crippen molar-refractivity contribution >= 4 is 17.7 Å². The summed E-state index contributed by atoms with van der Waals surface area (Å²) in [5.74, 6) is -1.96. The summed E-state index contributed by atoms with van der Waals surface area (Å²) in [7, 11) is 0. The predicted octanol–water partition coefficient (Wildman–Crippen LogP) is 3.45. The average molecular weight is 569 g/mol. The van der Waals surface area contributed by atoms with E-state index in [9.17, 15) is 36.3 Å². The maximum absolute atomic E-state index is 14.6. The van der Waals surface area contributed by atoms with E-state index in [4.69, 9.17) is 4.74 Å². The molecule has 4 rings (SSSR count). The standard InChI is InChI=1S/C24H24F5N7O4/c25-16(4-6-35-7-5-18(20(26)22(35)38)32-23(39)40-17-2-1-3-17)12-36-13-19(33-34-36)21(37)31-10-14-8-15(11-30-9-14)24(27,28)29/h5,7-9,11,13,16-17H,1-4,6,10,12H2,(H,31,37)(H,32,39). The van der Waals surface area contributed by atoms with Crippen molar-refractivity contribution in [3.8, 4) is 0 Å². The van der Waals surface area contributed by atoms with Gasteiger partial charge in [0, 0.05) is 31.7 Å². The van der Waals surface area contributed by atoms with Crippen LogP contribution in [0.4, 0.5) is 32.4 Å². The molecule has 0 aromatic carbocycles. The lowest BCUT2D eigenvalue weighted by molar-refractivity contribution is -0.137. The third-order valence-electron chi connectivity index (χ3n) is 6.08. The molecule has 2 N–H and O–H groups in total. The maximum Gasteiger partial charge on any atom is 0.417 e. The normalized spacial score (nSPS) is 14.3. The fraction of sp³-hybridized carbons (Fsp3) is 0.417. The molecular formula is C24H24F5N7O4. The highest BCUT2D eigenvalue weighted by atomic mass is 19.4. The number of ether oxygens (including phenoxy) is 1. The summed E-state index contributed by atoms with van der Waals surface area (Å²) in [6, 6.07) is 2.02. The van der Waals surface area contributed by atoms with E-state index in [1.807, 2.05) is 0 Å². The van der Waals surface area contributed by atoms with Crippen molar-refractivity contribution in [3.05, 3.63) is 69.9 Å². The van der Waals surface area contributed by atoms with Gasteiger partial charge in [0.1, 0.15) is 12.3 Å². The predicted molar refractivity (Wildman–Crippen MR) is 128 cm³/mol. The van der Waals surface area contributed by atoms with Crippen molar-refractivity contribution in [2.45, 2.75) is 63.8 Å². The van der Waals surface area contributed by atoms with Crippen molar-refractivity contribution in [2.24, 2.45) is 0 Å². The molecule has 1 atom stereocenters. The number of hydrogen-bond donors (Lipinski definition) is 2. The SMILES string of the molecule is O=C(Nc1ccn(CCC(F)Cn2cc(C(=O)NCc3cncc(C(F)(F)F)c3)nn2)c(=O)c1F)OC1CCC1. The summed E-state index contributed by atoms with van der Waals surface area (Å²) in [4.78, 5) is 39.9. The summed E-state index contributed by atoms with van der Waals surface area (Å²) < 4.78 is 74.5. The monoisotopic (exact) mass is 569 g/mol. The number of pyridine rings is 2. The Hall–Kier alpha value is -4.37. The fourth-order valence-corrected chi connectivity index (χ4v) is 3.68. The van der Waals surface area contributed by atoms with Crippen molar-refractivity contribution in [1.29, 1.82) is 0 Å². The molecule has 1 saturated carbocycles. The van der Waals surface area contributed by atoms with Crippen LogP contribution in [0.1, 0.15) is 47.3 Å². The van der Waals surface area contributed by atoms with Gasteiger partial charge in [0.05, 0.1) is 24.0 Å². The Kier molecular flexibility index (Phi) is 8.74. The van der Waals surface area contributed by atoms with Gasteiger partial charge in [0.25, 0.3) is 11.5 Å². The van der Waals surface area contributed by atoms with Gasteiger partial charge in [-0.1, -0.05) is 5.21 Å². The average Bonchev–Trinajstić information content (AvgIpc) is 3.35. The number of anilines is 1. The first-order valence-electron chi connectivity index (χ1n) is 12.2. The third-order valence-corrected chi connectivity index (χ3v) is 6.08. The molecule has 0 spiro atoms. The van der Waals surface area contributed by atoms with Crippen LogP contribution in [-0.2, 0) is 30.5 Å². The van der Waals surface area contributed by atoms with E-state index in [1.165, 1.54) is 18.5 Å². The fourth-order valence-electron chi connectivity index (χ4n) is 3.68. The molecule has 11 nitrogen and oxygen atoms in total. The van der Waals surface area contributed by atoms with Crippen LogP contribution in [0.5, 0.6) is 0 Å². The molecular weight excluding hydrogens is 545 g/mol. The Bertz CT molecular complexity index is 1420. The molecule has 0 radical (unpaired) electrons. The smallest absolute Gasteiger partial charge is 0.417 e. The van der Waals surface area contributed by atoms with Gasteiger partial charge >= 0.3 is 12.3 Å². The molecule has 0 aliphatic heterocycles. The lowest BCUT2D eigenvalue weighted by Crippen LogP contribution is -2.30. The number of carbonyl (C=O) groups is 2. The van der Waals surface area contributed by atoms with Gasteiger partial charge in [-0.05, 0) is 43.4 Å². The Morgan fingerprint density at radius 1 is 1.23 bits per heavy atom. The maximum atomic E-state index is 14.6. The van der Waals surface area contributed by atoms with Crippen molar-refractivity contribution in [3.63, 3.8) is 0 Å². The minimum atomic E-state index is -4.58. The Balaban J connectivity index is 1.25. The van der Waals surface area contributed by atoms with Crippen LogP contribution < -0.4 is 16.2 Å². The Morgan fingerprint density at radius 2 is 2.00 bits per heavy atom. The molecule has 0 bridgehead atoms. The highest BCUT2D eigenvalue weighted by Gasteiger charge is 2.31. The molecule has 1 aliphatic rings. The number of nitrogens with one attached hydrogen (secondary N) is 2. The quantitative estimate of drug-likeness (QED) is 0.358. The second-order valence-electron chi connectivity index (χ2n) is 9.10. The van der Waals surface area contributed by atoms with E-state index >= 15 is 0 Å². The number of hydrogen-bond acceptors (Lipinski definition) is 7. The van der Waals surface area contributed by atoms with E-state index in [1.54, 1.807) is 0 Å². The van der Waals surface area contributed by atoms with Gasteiger partial charge in [0.2, 0.25) is 5.82 Å². The molecule has 0 saturated heterocycles. The van der Waals surface area contributed by atoms with Gasteiger partial charge in [-0.25, -0.2) is 13.9 Å². The topological polar surface area (TPSA) is 133 Å². The number of aryl methyl sites for hydroxylation is 1. The van der Waals surface area contributed by atoms with Crippen molar-refractivity contribution < 1.29 is 36.3 Å². The molecule has 3 aromatic rings. The number of carbonyl (C=O) groups excluding carboxylic acids is 2. The minimum absolute atomic E-state index is 0.114. The van der Waals surface area contributed by atoms with Crippen LogP contribution in [0.15, 0.2) is 41.7 Å². The second kappa shape index (κ2) is 12.2. The van der Waals surface area contributed by atoms with Crippen LogP contribution in [0.25, 0.3) is 0 Å². The first-order valence-corrected chi connectivity index (χ1v) is 12.2. The van der Waals surface area contributed by atoms with Gasteiger partial charge < -0.3 is 14.6 Å². The number of alkyl halides is 4. The summed E-state index contributed by atoms with van der Waals surface area (Å²) in [6.07, 6.45) is -0.820. The molecule has 2 amide bonds. The van der Waals surface area contributed by atoms with Gasteiger partial charge in [0.15, 0.2) is 5.69 Å². The van der Waals surface area contributed by atoms with Crippen molar-refractivity contribution in [2.75, 3.05) is 5.32 Å². The lowest BCUT2D eigenvalue weighted by atomic mass is 9.96. The van der Waals surface area contributed by atoms with Gasteiger partial charge in [-0.15, -0.1) is 5.10 Å². The molecule has 1 aliphatic carbocycles. The van der Waals surface area contributed by atoms with Crippen LogP contribution in [-0.4, -0.2) is 48.8 Å². The summed E-state index contributed by atoms with van der Waals surface area (Å²) in [6.45, 7) is -0.770. The number of nitrogens with zero attached hydrogens (tertiary/aromatic N) is 5. The van der Waals surface area contributed by atoms with E-state index in [-0.39, 0.29) is 49.1 Å². The Labute approximate surface area is 223 Å². The zero-order chi connectivity index (χ0) is 28.9. The van der Waals surface area contributed by atoms with Gasteiger partial charge in [-0.3, -0.25) is 19.9 Å². The molecule has 1 fully saturated rings. The minimum Gasteiger partial charge on any atom is -0.446 e. The van der Waals surface area contributed by atoms with Crippen molar-refractivity contribution in [1.82, 2.24) is 29.9 Å². The lowest BCUT2D eigenvalue weighted by Gasteiger charge is -2.25.